The predicted molar refractivity (Wildman–Crippen MR) is 150 cm³/mol. The minimum Gasteiger partial charge on any atom is -0.481 e. The fourth-order valence-corrected chi connectivity index (χ4v) is 6.03. The van der Waals surface area contributed by atoms with Gasteiger partial charge >= 0.3 is 5.97 Å². The molecule has 2 aliphatic rings. The average molecular weight is 542 g/mol. The van der Waals surface area contributed by atoms with Gasteiger partial charge in [0.1, 0.15) is 6.04 Å². The van der Waals surface area contributed by atoms with Gasteiger partial charge in [0.2, 0.25) is 11.8 Å². The lowest BCUT2D eigenvalue weighted by molar-refractivity contribution is -0.139. The smallest absolute Gasteiger partial charge is 0.303 e. The van der Waals surface area contributed by atoms with E-state index in [1.165, 1.54) is 11.1 Å². The first kappa shape index (κ1) is 29.7. The van der Waals surface area contributed by atoms with Crippen molar-refractivity contribution >= 4 is 30.2 Å². The Morgan fingerprint density at radius 3 is 2.34 bits per heavy atom. The minimum atomic E-state index is -1.07. The number of piperidine rings is 1. The summed E-state index contributed by atoms with van der Waals surface area (Å²) in [7, 11) is 0. The number of nitrogens with one attached hydrogen (secondary N) is 1. The van der Waals surface area contributed by atoms with Gasteiger partial charge in [-0.25, -0.2) is 0 Å². The Hall–Kier alpha value is -2.90. The number of benzene rings is 2. The number of nitrogens with two attached hydrogens (primary N) is 1. The summed E-state index contributed by atoms with van der Waals surface area (Å²) in [6.45, 7) is 4.46. The van der Waals surface area contributed by atoms with Gasteiger partial charge in [-0.05, 0) is 80.4 Å². The molecule has 1 fully saturated rings. The van der Waals surface area contributed by atoms with Crippen LogP contribution in [0.3, 0.4) is 0 Å². The molecule has 0 radical (unpaired) electrons. The quantitative estimate of drug-likeness (QED) is 0.441. The van der Waals surface area contributed by atoms with Gasteiger partial charge in [0.15, 0.2) is 0 Å². The summed E-state index contributed by atoms with van der Waals surface area (Å²) in [6, 6.07) is 17.7. The first-order valence-corrected chi connectivity index (χ1v) is 13.3. The van der Waals surface area contributed by atoms with E-state index in [0.29, 0.717) is 19.5 Å². The molecule has 4 N–H and O–H groups in total. The summed E-state index contributed by atoms with van der Waals surface area (Å²) < 4.78 is 0. The van der Waals surface area contributed by atoms with Crippen LogP contribution in [-0.4, -0.2) is 52.5 Å². The fraction of sp³-hybridized carbons (Fsp3) is 0.500. The lowest BCUT2D eigenvalue weighted by Gasteiger charge is -2.41. The predicted octanol–water partition coefficient (Wildman–Crippen LogP) is 4.18. The second-order valence-corrected chi connectivity index (χ2v) is 11.3. The monoisotopic (exact) mass is 541 g/mol. The molecule has 1 aliphatic heterocycles. The first-order chi connectivity index (χ1) is 17.6. The van der Waals surface area contributed by atoms with Crippen LogP contribution < -0.4 is 11.1 Å². The molecule has 1 heterocycles. The standard InChI is InChI=1S/C30H39N3O4.ClH/c1-29(2,31)28(37)32-25(14-8-11-21-9-4-3-5-10-21)27(36)33-17-15-30(16-18-33)20-22(19-26(34)35)23-12-6-7-13-24(23)30;/h3-7,9-10,12-13,22,25H,8,11,14-20,31H2,1-2H3,(H,32,37)(H,34,35);1H/t22-,25-;/m1./s1. The highest BCUT2D eigenvalue weighted by molar-refractivity contribution is 5.91. The first-order valence-electron chi connectivity index (χ1n) is 13.3. The van der Waals surface area contributed by atoms with E-state index < -0.39 is 17.6 Å². The van der Waals surface area contributed by atoms with Gasteiger partial charge in [-0.1, -0.05) is 54.6 Å². The van der Waals surface area contributed by atoms with Gasteiger partial charge in [0.25, 0.3) is 0 Å². The van der Waals surface area contributed by atoms with Crippen molar-refractivity contribution in [3.8, 4) is 0 Å². The molecule has 1 aliphatic carbocycles. The number of hydrogen-bond acceptors (Lipinski definition) is 4. The van der Waals surface area contributed by atoms with Crippen molar-refractivity contribution in [2.75, 3.05) is 13.1 Å². The highest BCUT2D eigenvalue weighted by Gasteiger charge is 2.46. The maximum absolute atomic E-state index is 13.7. The third kappa shape index (κ3) is 6.75. The SMILES string of the molecule is CC(C)(N)C(=O)N[C@H](CCCc1ccccc1)C(=O)N1CCC2(CC1)C[C@@H](CC(=O)O)c1ccccc12.Cl. The number of carbonyl (C=O) groups excluding carboxylic acids is 2. The molecule has 2 amide bonds. The molecule has 0 unspecified atom stereocenters. The number of aliphatic carboxylic acids is 1. The zero-order valence-corrected chi connectivity index (χ0v) is 23.1. The summed E-state index contributed by atoms with van der Waals surface area (Å²) in [6.07, 6.45) is 4.66. The Bertz CT molecular complexity index is 1120. The van der Waals surface area contributed by atoms with Gasteiger partial charge in [-0.15, -0.1) is 12.4 Å². The summed E-state index contributed by atoms with van der Waals surface area (Å²) in [5.74, 6) is -1.16. The van der Waals surface area contributed by atoms with Crippen LogP contribution in [-0.2, 0) is 26.2 Å². The largest absolute Gasteiger partial charge is 0.481 e. The lowest BCUT2D eigenvalue weighted by Crippen LogP contribution is -2.57. The van der Waals surface area contributed by atoms with E-state index >= 15 is 0 Å². The van der Waals surface area contributed by atoms with Crippen molar-refractivity contribution in [2.24, 2.45) is 5.73 Å². The molecule has 7 nitrogen and oxygen atoms in total. The van der Waals surface area contributed by atoms with Crippen molar-refractivity contribution in [2.45, 2.75) is 81.7 Å². The number of amides is 2. The third-order valence-electron chi connectivity index (χ3n) is 8.05. The molecule has 1 saturated heterocycles. The Morgan fingerprint density at radius 1 is 1.08 bits per heavy atom. The van der Waals surface area contributed by atoms with Crippen LogP contribution in [0.5, 0.6) is 0 Å². The zero-order chi connectivity index (χ0) is 26.6. The Balaban J connectivity index is 0.00000400. The maximum atomic E-state index is 13.7. The second-order valence-electron chi connectivity index (χ2n) is 11.3. The number of aryl methyl sites for hydroxylation is 1. The minimum absolute atomic E-state index is 0. The van der Waals surface area contributed by atoms with E-state index in [0.717, 1.165) is 37.7 Å². The highest BCUT2D eigenvalue weighted by Crippen LogP contribution is 2.52. The number of likely N-dealkylation sites (tertiary alicyclic amines) is 1. The topological polar surface area (TPSA) is 113 Å². The van der Waals surface area contributed by atoms with Crippen LogP contribution in [0.2, 0.25) is 0 Å². The molecule has 0 aromatic heterocycles. The number of carboxylic acid groups (broad SMARTS) is 1. The molecule has 2 aromatic rings. The number of hydrogen-bond donors (Lipinski definition) is 3. The summed E-state index contributed by atoms with van der Waals surface area (Å²) in [5, 5.41) is 12.4. The van der Waals surface area contributed by atoms with Gasteiger partial charge in [-0.3, -0.25) is 14.4 Å². The number of nitrogens with zero attached hydrogens (tertiary/aromatic N) is 1. The molecular weight excluding hydrogens is 502 g/mol. The molecule has 206 valence electrons. The number of rotatable bonds is 9. The summed E-state index contributed by atoms with van der Waals surface area (Å²) in [4.78, 5) is 39.7. The van der Waals surface area contributed by atoms with Crippen molar-refractivity contribution in [3.63, 3.8) is 0 Å². The molecule has 0 saturated carbocycles. The van der Waals surface area contributed by atoms with Crippen LogP contribution in [0.25, 0.3) is 0 Å². The van der Waals surface area contributed by atoms with Crippen LogP contribution in [0.15, 0.2) is 54.6 Å². The zero-order valence-electron chi connectivity index (χ0n) is 22.3. The molecule has 2 aromatic carbocycles. The molecule has 4 rings (SSSR count). The maximum Gasteiger partial charge on any atom is 0.303 e. The Morgan fingerprint density at radius 2 is 1.71 bits per heavy atom. The van der Waals surface area contributed by atoms with Crippen molar-refractivity contribution in [1.82, 2.24) is 10.2 Å². The number of carbonyl (C=O) groups is 3. The van der Waals surface area contributed by atoms with Crippen LogP contribution in [0, 0.1) is 0 Å². The van der Waals surface area contributed by atoms with Crippen LogP contribution in [0.4, 0.5) is 0 Å². The van der Waals surface area contributed by atoms with Crippen molar-refractivity contribution in [1.29, 1.82) is 0 Å². The van der Waals surface area contributed by atoms with E-state index in [9.17, 15) is 19.5 Å². The van der Waals surface area contributed by atoms with Gasteiger partial charge in [-0.2, -0.15) is 0 Å². The number of halogens is 1. The normalized spacial score (nSPS) is 18.8. The molecule has 8 heteroatoms. The molecule has 2 atom stereocenters. The lowest BCUT2D eigenvalue weighted by atomic mass is 9.73. The van der Waals surface area contributed by atoms with E-state index in [1.54, 1.807) is 13.8 Å². The van der Waals surface area contributed by atoms with Crippen molar-refractivity contribution in [3.05, 3.63) is 71.3 Å². The number of fused-ring (bicyclic) bond motifs is 2. The van der Waals surface area contributed by atoms with Crippen LogP contribution in [0.1, 0.15) is 75.0 Å². The van der Waals surface area contributed by atoms with Crippen LogP contribution >= 0.6 is 12.4 Å². The molecule has 38 heavy (non-hydrogen) atoms. The molecule has 1 spiro atoms. The molecular formula is C30H40ClN3O4. The van der Waals surface area contributed by atoms with Gasteiger partial charge in [0, 0.05) is 13.1 Å². The Kier molecular flexibility index (Phi) is 9.60. The molecule has 0 bridgehead atoms. The average Bonchev–Trinajstić information content (AvgIpc) is 3.15. The van der Waals surface area contributed by atoms with Crippen molar-refractivity contribution < 1.29 is 19.5 Å². The van der Waals surface area contributed by atoms with Gasteiger partial charge < -0.3 is 21.1 Å². The number of carboxylic acids is 1. The van der Waals surface area contributed by atoms with E-state index in [2.05, 4.69) is 29.6 Å². The fourth-order valence-electron chi connectivity index (χ4n) is 6.03. The van der Waals surface area contributed by atoms with E-state index in [1.807, 2.05) is 35.2 Å². The Labute approximate surface area is 231 Å². The second kappa shape index (κ2) is 12.3. The summed E-state index contributed by atoms with van der Waals surface area (Å²) in [5.41, 5.74) is 8.43. The summed E-state index contributed by atoms with van der Waals surface area (Å²) >= 11 is 0. The van der Waals surface area contributed by atoms with E-state index in [-0.39, 0.29) is 42.0 Å². The van der Waals surface area contributed by atoms with Gasteiger partial charge in [0.05, 0.1) is 12.0 Å². The van der Waals surface area contributed by atoms with E-state index in [4.69, 9.17) is 5.73 Å². The highest BCUT2D eigenvalue weighted by atomic mass is 35.5. The third-order valence-corrected chi connectivity index (χ3v) is 8.05.